The standard InChI is InChI=1S/C13H13ClN6/c1-7(8-3-2-4-9(14)5-8)18-12-10-11(17-6-16-10)19-13(15)20-12/h2-7H,1H3,(H4,15,16,17,18,19,20). The Morgan fingerprint density at radius 1 is 1.35 bits per heavy atom. The molecule has 0 aliphatic heterocycles. The maximum Gasteiger partial charge on any atom is 0.224 e. The van der Waals surface area contributed by atoms with Gasteiger partial charge in [-0.2, -0.15) is 9.97 Å². The number of anilines is 2. The van der Waals surface area contributed by atoms with Gasteiger partial charge in [-0.15, -0.1) is 0 Å². The smallest absolute Gasteiger partial charge is 0.224 e. The van der Waals surface area contributed by atoms with E-state index in [0.29, 0.717) is 16.5 Å². The summed E-state index contributed by atoms with van der Waals surface area (Å²) in [6.45, 7) is 2.02. The summed E-state index contributed by atoms with van der Waals surface area (Å²) in [6, 6.07) is 7.69. The molecule has 0 fully saturated rings. The van der Waals surface area contributed by atoms with E-state index in [9.17, 15) is 0 Å². The molecule has 2 aromatic heterocycles. The topological polar surface area (TPSA) is 92.5 Å². The predicted octanol–water partition coefficient (Wildman–Crippen LogP) is 2.76. The second-order valence-corrected chi connectivity index (χ2v) is 4.89. The van der Waals surface area contributed by atoms with Gasteiger partial charge in [0.15, 0.2) is 11.5 Å². The fourth-order valence-electron chi connectivity index (χ4n) is 2.02. The van der Waals surface area contributed by atoms with Gasteiger partial charge in [-0.25, -0.2) is 4.98 Å². The lowest BCUT2D eigenvalue weighted by molar-refractivity contribution is 0.876. The zero-order chi connectivity index (χ0) is 14.1. The minimum absolute atomic E-state index is 0.0227. The number of halogens is 1. The van der Waals surface area contributed by atoms with Crippen molar-refractivity contribution in [3.05, 3.63) is 41.2 Å². The molecule has 0 aliphatic rings. The van der Waals surface area contributed by atoms with Crippen LogP contribution in [-0.2, 0) is 0 Å². The van der Waals surface area contributed by atoms with E-state index in [1.165, 1.54) is 0 Å². The first-order valence-corrected chi connectivity index (χ1v) is 6.50. The monoisotopic (exact) mass is 288 g/mol. The highest BCUT2D eigenvalue weighted by molar-refractivity contribution is 6.30. The van der Waals surface area contributed by atoms with Gasteiger partial charge in [-0.1, -0.05) is 23.7 Å². The summed E-state index contributed by atoms with van der Waals surface area (Å²) in [5.41, 5.74) is 8.01. The summed E-state index contributed by atoms with van der Waals surface area (Å²) >= 11 is 6.01. The molecule has 1 atom stereocenters. The third kappa shape index (κ3) is 2.37. The van der Waals surface area contributed by atoms with Gasteiger partial charge in [0.2, 0.25) is 5.95 Å². The van der Waals surface area contributed by atoms with Crippen molar-refractivity contribution in [1.29, 1.82) is 0 Å². The van der Waals surface area contributed by atoms with Gasteiger partial charge in [0, 0.05) is 5.02 Å². The molecule has 3 aromatic rings. The molecule has 6 nitrogen and oxygen atoms in total. The molecular weight excluding hydrogens is 276 g/mol. The highest BCUT2D eigenvalue weighted by Crippen LogP contribution is 2.24. The van der Waals surface area contributed by atoms with Gasteiger partial charge in [0.05, 0.1) is 12.4 Å². The normalized spacial score (nSPS) is 12.5. The lowest BCUT2D eigenvalue weighted by Gasteiger charge is -2.15. The highest BCUT2D eigenvalue weighted by Gasteiger charge is 2.12. The van der Waals surface area contributed by atoms with Crippen molar-refractivity contribution in [2.45, 2.75) is 13.0 Å². The number of H-pyrrole nitrogens is 1. The highest BCUT2D eigenvalue weighted by atomic mass is 35.5. The van der Waals surface area contributed by atoms with Gasteiger partial charge in [0.25, 0.3) is 0 Å². The maximum absolute atomic E-state index is 6.01. The average molecular weight is 289 g/mol. The summed E-state index contributed by atoms with van der Waals surface area (Å²) < 4.78 is 0. The Morgan fingerprint density at radius 3 is 3.00 bits per heavy atom. The van der Waals surface area contributed by atoms with Crippen LogP contribution in [0.3, 0.4) is 0 Å². The molecule has 0 bridgehead atoms. The second-order valence-electron chi connectivity index (χ2n) is 4.45. The van der Waals surface area contributed by atoms with Gasteiger partial charge >= 0.3 is 0 Å². The first-order valence-electron chi connectivity index (χ1n) is 6.12. The van der Waals surface area contributed by atoms with E-state index in [1.807, 2.05) is 31.2 Å². The minimum atomic E-state index is 0.0227. The molecule has 102 valence electrons. The van der Waals surface area contributed by atoms with Gasteiger partial charge in [-0.05, 0) is 24.6 Å². The number of fused-ring (bicyclic) bond motifs is 1. The Morgan fingerprint density at radius 2 is 2.20 bits per heavy atom. The number of rotatable bonds is 3. The van der Waals surface area contributed by atoms with Crippen LogP contribution in [-0.4, -0.2) is 19.9 Å². The molecule has 20 heavy (non-hydrogen) atoms. The summed E-state index contributed by atoms with van der Waals surface area (Å²) in [4.78, 5) is 15.4. The number of hydrogen-bond donors (Lipinski definition) is 3. The summed E-state index contributed by atoms with van der Waals surface area (Å²) in [5, 5.41) is 3.99. The molecule has 0 aliphatic carbocycles. The minimum Gasteiger partial charge on any atom is -0.368 e. The number of aromatic amines is 1. The van der Waals surface area contributed by atoms with Crippen molar-refractivity contribution >= 4 is 34.5 Å². The van der Waals surface area contributed by atoms with E-state index in [1.54, 1.807) is 6.33 Å². The average Bonchev–Trinajstić information content (AvgIpc) is 2.86. The van der Waals surface area contributed by atoms with E-state index in [0.717, 1.165) is 11.1 Å². The van der Waals surface area contributed by atoms with Crippen LogP contribution >= 0.6 is 11.6 Å². The number of nitrogen functional groups attached to an aromatic ring is 1. The second kappa shape index (κ2) is 4.97. The molecule has 3 rings (SSSR count). The number of imidazole rings is 1. The van der Waals surface area contributed by atoms with E-state index in [4.69, 9.17) is 17.3 Å². The number of aromatic nitrogens is 4. The zero-order valence-corrected chi connectivity index (χ0v) is 11.5. The number of nitrogens with two attached hydrogens (primary N) is 1. The van der Waals surface area contributed by atoms with E-state index in [-0.39, 0.29) is 12.0 Å². The number of nitrogens with zero attached hydrogens (tertiary/aromatic N) is 3. The molecule has 0 saturated heterocycles. The van der Waals surface area contributed by atoms with Crippen LogP contribution in [0.1, 0.15) is 18.5 Å². The summed E-state index contributed by atoms with van der Waals surface area (Å²) in [6.07, 6.45) is 1.56. The Kier molecular flexibility index (Phi) is 3.15. The van der Waals surface area contributed by atoms with Crippen LogP contribution in [0.5, 0.6) is 0 Å². The van der Waals surface area contributed by atoms with E-state index >= 15 is 0 Å². The van der Waals surface area contributed by atoms with Crippen LogP contribution in [0.2, 0.25) is 5.02 Å². The number of nitrogens with one attached hydrogen (secondary N) is 2. The summed E-state index contributed by atoms with van der Waals surface area (Å²) in [7, 11) is 0. The van der Waals surface area contributed by atoms with Crippen molar-refractivity contribution in [3.8, 4) is 0 Å². The third-order valence-corrected chi connectivity index (χ3v) is 3.24. The Balaban J connectivity index is 1.94. The number of hydrogen-bond acceptors (Lipinski definition) is 5. The molecule has 2 heterocycles. The molecule has 1 unspecified atom stereocenters. The molecule has 0 amide bonds. The van der Waals surface area contributed by atoms with Crippen molar-refractivity contribution < 1.29 is 0 Å². The zero-order valence-electron chi connectivity index (χ0n) is 10.8. The van der Waals surface area contributed by atoms with Crippen molar-refractivity contribution in [2.24, 2.45) is 0 Å². The fourth-order valence-corrected chi connectivity index (χ4v) is 2.22. The SMILES string of the molecule is CC(Nc1nc(N)nc2nc[nH]c12)c1cccc(Cl)c1. The van der Waals surface area contributed by atoms with Crippen molar-refractivity contribution in [1.82, 2.24) is 19.9 Å². The molecule has 0 saturated carbocycles. The molecular formula is C13H13ClN6. The molecule has 0 radical (unpaired) electrons. The fraction of sp³-hybridized carbons (Fsp3) is 0.154. The van der Waals surface area contributed by atoms with Crippen LogP contribution < -0.4 is 11.1 Å². The maximum atomic E-state index is 6.01. The van der Waals surface area contributed by atoms with Crippen molar-refractivity contribution in [3.63, 3.8) is 0 Å². The van der Waals surface area contributed by atoms with Crippen LogP contribution in [0, 0.1) is 0 Å². The lowest BCUT2D eigenvalue weighted by atomic mass is 10.1. The van der Waals surface area contributed by atoms with Gasteiger partial charge in [-0.3, -0.25) is 0 Å². The quantitative estimate of drug-likeness (QED) is 0.689. The van der Waals surface area contributed by atoms with E-state index < -0.39 is 0 Å². The molecule has 7 heteroatoms. The first-order chi connectivity index (χ1) is 9.63. The Hall–Kier alpha value is -2.34. The molecule has 1 aromatic carbocycles. The van der Waals surface area contributed by atoms with Gasteiger partial charge in [0.1, 0.15) is 5.52 Å². The van der Waals surface area contributed by atoms with Gasteiger partial charge < -0.3 is 16.0 Å². The Labute approximate surface area is 120 Å². The van der Waals surface area contributed by atoms with Crippen molar-refractivity contribution in [2.75, 3.05) is 11.1 Å². The largest absolute Gasteiger partial charge is 0.368 e. The van der Waals surface area contributed by atoms with Crippen LogP contribution in [0.15, 0.2) is 30.6 Å². The van der Waals surface area contributed by atoms with Crippen LogP contribution in [0.4, 0.5) is 11.8 Å². The summed E-state index contributed by atoms with van der Waals surface area (Å²) in [5.74, 6) is 0.808. The molecule has 4 N–H and O–H groups in total. The lowest BCUT2D eigenvalue weighted by Crippen LogP contribution is -2.10. The molecule has 0 spiro atoms. The van der Waals surface area contributed by atoms with E-state index in [2.05, 4.69) is 25.3 Å². The third-order valence-electron chi connectivity index (χ3n) is 3.00. The predicted molar refractivity (Wildman–Crippen MR) is 79.6 cm³/mol. The number of benzene rings is 1. The Bertz CT molecular complexity index is 753. The first kappa shape index (κ1) is 12.7. The van der Waals surface area contributed by atoms with Crippen LogP contribution in [0.25, 0.3) is 11.2 Å².